The maximum Gasteiger partial charge on any atom is 0.149 e. The van der Waals surface area contributed by atoms with E-state index in [2.05, 4.69) is 28.7 Å². The highest BCUT2D eigenvalue weighted by atomic mass is 16.1. The Morgan fingerprint density at radius 1 is 1.29 bits per heavy atom. The Morgan fingerprint density at radius 3 is 2.41 bits per heavy atom. The normalized spacial score (nSPS) is 10.5. The SMILES string of the molecule is CC(=O)CN(C)c1cc(N(C)C(C)C)ncn1. The molecule has 94 valence electrons. The predicted molar refractivity (Wildman–Crippen MR) is 69.5 cm³/mol. The second-order valence-corrected chi connectivity index (χ2v) is 4.50. The summed E-state index contributed by atoms with van der Waals surface area (Å²) in [5.41, 5.74) is 0. The van der Waals surface area contributed by atoms with Crippen molar-refractivity contribution < 1.29 is 4.79 Å². The van der Waals surface area contributed by atoms with Gasteiger partial charge in [-0.15, -0.1) is 0 Å². The van der Waals surface area contributed by atoms with Gasteiger partial charge in [-0.05, 0) is 20.8 Å². The highest BCUT2D eigenvalue weighted by molar-refractivity contribution is 5.80. The molecule has 0 unspecified atom stereocenters. The number of hydrogen-bond acceptors (Lipinski definition) is 5. The third-order valence-electron chi connectivity index (χ3n) is 2.63. The van der Waals surface area contributed by atoms with Crippen LogP contribution in [0.3, 0.4) is 0 Å². The number of rotatable bonds is 5. The van der Waals surface area contributed by atoms with Crippen LogP contribution in [0.25, 0.3) is 0 Å². The number of Topliss-reactive ketones (excluding diaryl/α,β-unsaturated/α-hetero) is 1. The van der Waals surface area contributed by atoms with Gasteiger partial charge in [0.1, 0.15) is 23.7 Å². The Labute approximate surface area is 102 Å². The van der Waals surface area contributed by atoms with Gasteiger partial charge in [-0.3, -0.25) is 4.79 Å². The molecule has 17 heavy (non-hydrogen) atoms. The van der Waals surface area contributed by atoms with Crippen LogP contribution in [-0.4, -0.2) is 42.4 Å². The average Bonchev–Trinajstić information content (AvgIpc) is 2.27. The predicted octanol–water partition coefficient (Wildman–Crippen LogP) is 1.35. The van der Waals surface area contributed by atoms with Crippen LogP contribution in [-0.2, 0) is 4.79 Å². The minimum atomic E-state index is 0.116. The number of anilines is 2. The van der Waals surface area contributed by atoms with Crippen LogP contribution in [0.15, 0.2) is 12.4 Å². The number of ketones is 1. The van der Waals surface area contributed by atoms with Crippen molar-refractivity contribution in [3.63, 3.8) is 0 Å². The van der Waals surface area contributed by atoms with Crippen molar-refractivity contribution in [2.45, 2.75) is 26.8 Å². The van der Waals surface area contributed by atoms with E-state index in [-0.39, 0.29) is 5.78 Å². The standard InChI is InChI=1S/C12H20N4O/c1-9(2)16(5)12-6-11(13-8-14-12)15(4)7-10(3)17/h6,8-9H,7H2,1-5H3. The third kappa shape index (κ3) is 3.69. The molecule has 0 radical (unpaired) electrons. The summed E-state index contributed by atoms with van der Waals surface area (Å²) in [6, 6.07) is 2.26. The minimum Gasteiger partial charge on any atom is -0.357 e. The number of carbonyl (C=O) groups is 1. The molecule has 0 N–H and O–H groups in total. The lowest BCUT2D eigenvalue weighted by molar-refractivity contribution is -0.115. The zero-order valence-electron chi connectivity index (χ0n) is 11.1. The molecule has 0 saturated heterocycles. The zero-order valence-corrected chi connectivity index (χ0v) is 11.1. The van der Waals surface area contributed by atoms with Gasteiger partial charge in [-0.2, -0.15) is 0 Å². The van der Waals surface area contributed by atoms with Crippen LogP contribution in [0.2, 0.25) is 0 Å². The summed E-state index contributed by atoms with van der Waals surface area (Å²) in [4.78, 5) is 23.3. The molecular formula is C12H20N4O. The molecule has 5 heteroatoms. The van der Waals surface area contributed by atoms with Crippen molar-refractivity contribution in [3.8, 4) is 0 Å². The number of hydrogen-bond donors (Lipinski definition) is 0. The first-order valence-corrected chi connectivity index (χ1v) is 5.67. The second kappa shape index (κ2) is 5.61. The summed E-state index contributed by atoms with van der Waals surface area (Å²) >= 11 is 0. The molecule has 0 amide bonds. The molecule has 0 aliphatic heterocycles. The molecule has 0 bridgehead atoms. The minimum absolute atomic E-state index is 0.116. The number of aromatic nitrogens is 2. The smallest absolute Gasteiger partial charge is 0.149 e. The maximum absolute atomic E-state index is 11.1. The second-order valence-electron chi connectivity index (χ2n) is 4.50. The van der Waals surface area contributed by atoms with Crippen molar-refractivity contribution in [2.24, 2.45) is 0 Å². The van der Waals surface area contributed by atoms with Crippen LogP contribution in [0.4, 0.5) is 11.6 Å². The largest absolute Gasteiger partial charge is 0.357 e. The van der Waals surface area contributed by atoms with E-state index in [4.69, 9.17) is 0 Å². The first kappa shape index (κ1) is 13.4. The van der Waals surface area contributed by atoms with Crippen molar-refractivity contribution in [3.05, 3.63) is 12.4 Å². The average molecular weight is 236 g/mol. The van der Waals surface area contributed by atoms with Crippen molar-refractivity contribution >= 4 is 17.4 Å². The van der Waals surface area contributed by atoms with E-state index in [9.17, 15) is 4.79 Å². The summed E-state index contributed by atoms with van der Waals surface area (Å²) in [6.07, 6.45) is 1.53. The molecule has 1 rings (SSSR count). The van der Waals surface area contributed by atoms with Crippen LogP contribution < -0.4 is 9.80 Å². The van der Waals surface area contributed by atoms with Gasteiger partial charge in [0.15, 0.2) is 0 Å². The fraction of sp³-hybridized carbons (Fsp3) is 0.583. The van der Waals surface area contributed by atoms with E-state index in [1.165, 1.54) is 6.33 Å². The fourth-order valence-electron chi connectivity index (χ4n) is 1.42. The van der Waals surface area contributed by atoms with E-state index in [1.54, 1.807) is 6.92 Å². The molecule has 0 aromatic carbocycles. The molecule has 5 nitrogen and oxygen atoms in total. The van der Waals surface area contributed by atoms with Crippen molar-refractivity contribution in [1.82, 2.24) is 9.97 Å². The van der Waals surface area contributed by atoms with Gasteiger partial charge in [0.2, 0.25) is 0 Å². The summed E-state index contributed by atoms with van der Waals surface area (Å²) in [7, 11) is 3.84. The van der Waals surface area contributed by atoms with Gasteiger partial charge in [0, 0.05) is 26.2 Å². The zero-order chi connectivity index (χ0) is 13.0. The summed E-state index contributed by atoms with van der Waals surface area (Å²) in [5, 5.41) is 0. The summed E-state index contributed by atoms with van der Waals surface area (Å²) < 4.78 is 0. The first-order valence-electron chi connectivity index (χ1n) is 5.67. The van der Waals surface area contributed by atoms with Crippen LogP contribution in [0.1, 0.15) is 20.8 Å². The molecule has 1 heterocycles. The van der Waals surface area contributed by atoms with Gasteiger partial charge in [-0.25, -0.2) is 9.97 Å². The Kier molecular flexibility index (Phi) is 4.43. The Bertz CT molecular complexity index is 392. The molecule has 0 saturated carbocycles. The Morgan fingerprint density at radius 2 is 1.88 bits per heavy atom. The number of likely N-dealkylation sites (N-methyl/N-ethyl adjacent to an activating group) is 1. The molecule has 0 fully saturated rings. The Hall–Kier alpha value is -1.65. The molecule has 0 atom stereocenters. The van der Waals surface area contributed by atoms with Crippen molar-refractivity contribution in [2.75, 3.05) is 30.4 Å². The van der Waals surface area contributed by atoms with Crippen molar-refractivity contribution in [1.29, 1.82) is 0 Å². The lowest BCUT2D eigenvalue weighted by Crippen LogP contribution is -2.28. The van der Waals surface area contributed by atoms with E-state index < -0.39 is 0 Å². The van der Waals surface area contributed by atoms with E-state index in [0.717, 1.165) is 11.6 Å². The van der Waals surface area contributed by atoms with Gasteiger partial charge < -0.3 is 9.80 Å². The molecule has 0 aliphatic carbocycles. The van der Waals surface area contributed by atoms with Crippen LogP contribution in [0, 0.1) is 0 Å². The van der Waals surface area contributed by atoms with E-state index >= 15 is 0 Å². The van der Waals surface area contributed by atoms with Gasteiger partial charge in [0.05, 0.1) is 6.54 Å². The number of carbonyl (C=O) groups excluding carboxylic acids is 1. The Balaban J connectivity index is 2.89. The molecular weight excluding hydrogens is 216 g/mol. The first-order chi connectivity index (χ1) is 7.91. The molecule has 1 aromatic heterocycles. The topological polar surface area (TPSA) is 49.3 Å². The summed E-state index contributed by atoms with van der Waals surface area (Å²) in [5.74, 6) is 1.74. The quantitative estimate of drug-likeness (QED) is 0.772. The third-order valence-corrected chi connectivity index (χ3v) is 2.63. The summed E-state index contributed by atoms with van der Waals surface area (Å²) in [6.45, 7) is 6.13. The number of nitrogens with zero attached hydrogens (tertiary/aromatic N) is 4. The van der Waals surface area contributed by atoms with E-state index in [0.29, 0.717) is 12.6 Å². The highest BCUT2D eigenvalue weighted by Crippen LogP contribution is 2.16. The molecule has 0 spiro atoms. The van der Waals surface area contributed by atoms with Gasteiger partial charge in [0.25, 0.3) is 0 Å². The highest BCUT2D eigenvalue weighted by Gasteiger charge is 2.10. The monoisotopic (exact) mass is 236 g/mol. The van der Waals surface area contributed by atoms with Crippen LogP contribution in [0.5, 0.6) is 0 Å². The fourth-order valence-corrected chi connectivity index (χ4v) is 1.42. The molecule has 0 aliphatic rings. The lowest BCUT2D eigenvalue weighted by atomic mass is 10.3. The van der Waals surface area contributed by atoms with E-state index in [1.807, 2.05) is 25.1 Å². The van der Waals surface area contributed by atoms with Gasteiger partial charge in [-0.1, -0.05) is 0 Å². The van der Waals surface area contributed by atoms with Gasteiger partial charge >= 0.3 is 0 Å². The van der Waals surface area contributed by atoms with Crippen LogP contribution >= 0.6 is 0 Å². The lowest BCUT2D eigenvalue weighted by Gasteiger charge is -2.24. The molecule has 1 aromatic rings. The maximum atomic E-state index is 11.1.